The lowest BCUT2D eigenvalue weighted by Gasteiger charge is -2.26. The smallest absolute Gasteiger partial charge is 0.408 e. The molecule has 1 N–H and O–H groups in total. The molecule has 3 rings (SSSR count). The summed E-state index contributed by atoms with van der Waals surface area (Å²) in [6, 6.07) is 4.49. The number of fused-ring (bicyclic) bond motifs is 1. The SMILES string of the molecule is COc1ccc([C@H](C)NC(=O)OC(C)(C)C)cc1C(=O)N(C)Cc1nnc2n1CCCC2C(F)(F)F. The standard InChI is InChI=1S/C24H32F3N5O4/c1-14(28-22(34)36-23(2,3)4)15-9-10-18(35-6)16(12-15)21(33)31(5)13-19-29-30-20-17(24(25,26)27)8-7-11-32(19)20/h9-10,12,14,17H,7-8,11,13H2,1-6H3,(H,28,34)/t14-,17?/m0/s1. The zero-order valence-corrected chi connectivity index (χ0v) is 21.3. The molecule has 0 saturated heterocycles. The third kappa shape index (κ3) is 6.27. The van der Waals surface area contributed by atoms with Crippen molar-refractivity contribution in [2.24, 2.45) is 0 Å². The van der Waals surface area contributed by atoms with Crippen molar-refractivity contribution >= 4 is 12.0 Å². The number of nitrogens with one attached hydrogen (secondary N) is 1. The normalized spacial score (nSPS) is 16.6. The van der Waals surface area contributed by atoms with Crippen molar-refractivity contribution < 1.29 is 32.2 Å². The predicted molar refractivity (Wildman–Crippen MR) is 125 cm³/mol. The fourth-order valence-corrected chi connectivity index (χ4v) is 4.08. The summed E-state index contributed by atoms with van der Waals surface area (Å²) in [4.78, 5) is 26.8. The van der Waals surface area contributed by atoms with Gasteiger partial charge in [0.1, 0.15) is 23.1 Å². The topological polar surface area (TPSA) is 98.6 Å². The van der Waals surface area contributed by atoms with Crippen molar-refractivity contribution in [1.29, 1.82) is 0 Å². The van der Waals surface area contributed by atoms with Crippen LogP contribution in [0.5, 0.6) is 5.75 Å². The van der Waals surface area contributed by atoms with E-state index < -0.39 is 35.7 Å². The number of ether oxygens (including phenoxy) is 2. The molecule has 0 saturated carbocycles. The van der Waals surface area contributed by atoms with Crippen LogP contribution in [0.4, 0.5) is 18.0 Å². The molecule has 0 aliphatic carbocycles. The highest BCUT2D eigenvalue weighted by molar-refractivity contribution is 5.97. The minimum atomic E-state index is -4.40. The van der Waals surface area contributed by atoms with Crippen LogP contribution in [0, 0.1) is 0 Å². The summed E-state index contributed by atoms with van der Waals surface area (Å²) in [6.45, 7) is 7.35. The maximum atomic E-state index is 13.4. The average Bonchev–Trinajstić information content (AvgIpc) is 3.18. The lowest BCUT2D eigenvalue weighted by molar-refractivity contribution is -0.156. The molecule has 1 unspecified atom stereocenters. The molecule has 198 valence electrons. The van der Waals surface area contributed by atoms with Gasteiger partial charge in [-0.25, -0.2) is 4.79 Å². The van der Waals surface area contributed by atoms with Crippen LogP contribution < -0.4 is 10.1 Å². The van der Waals surface area contributed by atoms with Gasteiger partial charge >= 0.3 is 12.3 Å². The van der Waals surface area contributed by atoms with E-state index in [0.29, 0.717) is 24.3 Å². The number of rotatable bonds is 6. The molecule has 2 atom stereocenters. The highest BCUT2D eigenvalue weighted by Crippen LogP contribution is 2.40. The van der Waals surface area contributed by atoms with E-state index in [4.69, 9.17) is 9.47 Å². The van der Waals surface area contributed by atoms with Gasteiger partial charge in [0.05, 0.1) is 25.3 Å². The van der Waals surface area contributed by atoms with Gasteiger partial charge in [-0.3, -0.25) is 4.79 Å². The first-order chi connectivity index (χ1) is 16.7. The summed E-state index contributed by atoms with van der Waals surface area (Å²) in [5.74, 6) is -1.60. The van der Waals surface area contributed by atoms with Crippen molar-refractivity contribution in [1.82, 2.24) is 25.0 Å². The first-order valence-electron chi connectivity index (χ1n) is 11.6. The Balaban J connectivity index is 1.79. The molecule has 0 bridgehead atoms. The van der Waals surface area contributed by atoms with Crippen LogP contribution in [0.3, 0.4) is 0 Å². The lowest BCUT2D eigenvalue weighted by atomic mass is 9.98. The Morgan fingerprint density at radius 1 is 1.25 bits per heavy atom. The number of halogens is 3. The number of nitrogens with zero attached hydrogens (tertiary/aromatic N) is 4. The minimum absolute atomic E-state index is 0.0318. The molecule has 12 heteroatoms. The van der Waals surface area contributed by atoms with Gasteiger partial charge in [-0.1, -0.05) is 6.07 Å². The molecule has 1 aromatic heterocycles. The summed E-state index contributed by atoms with van der Waals surface area (Å²) in [7, 11) is 2.96. The maximum absolute atomic E-state index is 13.4. The summed E-state index contributed by atoms with van der Waals surface area (Å²) in [5, 5.41) is 10.5. The monoisotopic (exact) mass is 511 g/mol. The molecule has 1 aliphatic heterocycles. The first-order valence-corrected chi connectivity index (χ1v) is 11.6. The van der Waals surface area contributed by atoms with Crippen molar-refractivity contribution in [3.63, 3.8) is 0 Å². The van der Waals surface area contributed by atoms with E-state index in [-0.39, 0.29) is 30.2 Å². The Kier molecular flexibility index (Phi) is 7.85. The molecule has 2 amide bonds. The van der Waals surface area contributed by atoms with E-state index in [1.54, 1.807) is 45.9 Å². The van der Waals surface area contributed by atoms with Crippen LogP contribution in [0.15, 0.2) is 18.2 Å². The number of benzene rings is 1. The number of aromatic nitrogens is 3. The number of methoxy groups -OCH3 is 1. The molecule has 0 radical (unpaired) electrons. The lowest BCUT2D eigenvalue weighted by Crippen LogP contribution is -2.34. The van der Waals surface area contributed by atoms with Crippen LogP contribution in [-0.4, -0.2) is 57.6 Å². The Morgan fingerprint density at radius 3 is 2.56 bits per heavy atom. The van der Waals surface area contributed by atoms with Gasteiger partial charge < -0.3 is 24.3 Å². The Bertz CT molecular complexity index is 1110. The maximum Gasteiger partial charge on any atom is 0.408 e. The highest BCUT2D eigenvalue weighted by Gasteiger charge is 2.45. The van der Waals surface area contributed by atoms with E-state index in [0.717, 1.165) is 0 Å². The van der Waals surface area contributed by atoms with Gasteiger partial charge in [0.15, 0.2) is 5.82 Å². The van der Waals surface area contributed by atoms with Gasteiger partial charge in [-0.2, -0.15) is 13.2 Å². The number of alkyl halides is 3. The third-order valence-electron chi connectivity index (χ3n) is 5.85. The summed E-state index contributed by atoms with van der Waals surface area (Å²) < 4.78 is 52.3. The van der Waals surface area contributed by atoms with Crippen molar-refractivity contribution in [3.8, 4) is 5.75 Å². The molecule has 9 nitrogen and oxygen atoms in total. The first kappa shape index (κ1) is 27.3. The summed E-state index contributed by atoms with van der Waals surface area (Å²) >= 11 is 0. The summed E-state index contributed by atoms with van der Waals surface area (Å²) in [5.41, 5.74) is 0.224. The van der Waals surface area contributed by atoms with E-state index >= 15 is 0 Å². The molecule has 2 heterocycles. The largest absolute Gasteiger partial charge is 0.496 e. The number of carbonyl (C=O) groups excluding carboxylic acids is 2. The van der Waals surface area contributed by atoms with Gasteiger partial charge in [-0.15, -0.1) is 10.2 Å². The molecule has 1 aromatic carbocycles. The van der Waals surface area contributed by atoms with Crippen LogP contribution in [0.1, 0.15) is 80.1 Å². The molecular weight excluding hydrogens is 479 g/mol. The van der Waals surface area contributed by atoms with Gasteiger partial charge in [0.25, 0.3) is 5.91 Å². The van der Waals surface area contributed by atoms with E-state index in [9.17, 15) is 22.8 Å². The number of carbonyl (C=O) groups is 2. The number of hydrogen-bond acceptors (Lipinski definition) is 6. The van der Waals surface area contributed by atoms with Crippen LogP contribution >= 0.6 is 0 Å². The van der Waals surface area contributed by atoms with Crippen LogP contribution in [0.25, 0.3) is 0 Å². The Morgan fingerprint density at radius 2 is 1.94 bits per heavy atom. The zero-order chi connectivity index (χ0) is 26.8. The van der Waals surface area contributed by atoms with Crippen molar-refractivity contribution in [2.75, 3.05) is 14.2 Å². The molecule has 0 spiro atoms. The zero-order valence-electron chi connectivity index (χ0n) is 21.3. The number of hydrogen-bond donors (Lipinski definition) is 1. The van der Waals surface area contributed by atoms with Crippen LogP contribution in [0.2, 0.25) is 0 Å². The van der Waals surface area contributed by atoms with Gasteiger partial charge in [0, 0.05) is 13.6 Å². The van der Waals surface area contributed by atoms with Crippen molar-refractivity contribution in [3.05, 3.63) is 41.0 Å². The second kappa shape index (κ2) is 10.4. The average molecular weight is 512 g/mol. The van der Waals surface area contributed by atoms with Gasteiger partial charge in [-0.05, 0) is 58.2 Å². The fourth-order valence-electron chi connectivity index (χ4n) is 4.08. The number of alkyl carbamates (subject to hydrolysis) is 1. The summed E-state index contributed by atoms with van der Waals surface area (Å²) in [6.07, 6.45) is -4.68. The van der Waals surface area contributed by atoms with E-state index in [2.05, 4.69) is 15.5 Å². The molecular formula is C24H32F3N5O4. The van der Waals surface area contributed by atoms with Crippen LogP contribution in [-0.2, 0) is 17.8 Å². The van der Waals surface area contributed by atoms with Gasteiger partial charge in [0.2, 0.25) is 0 Å². The fraction of sp³-hybridized carbons (Fsp3) is 0.583. The number of amides is 2. The third-order valence-corrected chi connectivity index (χ3v) is 5.85. The molecule has 2 aromatic rings. The second-order valence-corrected chi connectivity index (χ2v) is 9.85. The van der Waals surface area contributed by atoms with E-state index in [1.807, 2.05) is 0 Å². The minimum Gasteiger partial charge on any atom is -0.496 e. The molecule has 36 heavy (non-hydrogen) atoms. The Hall–Kier alpha value is -3.31. The highest BCUT2D eigenvalue weighted by atomic mass is 19.4. The molecule has 1 aliphatic rings. The molecule has 0 fully saturated rings. The predicted octanol–water partition coefficient (Wildman–Crippen LogP) is 4.58. The van der Waals surface area contributed by atoms with Crippen molar-refractivity contribution in [2.45, 2.75) is 77.4 Å². The quantitative estimate of drug-likeness (QED) is 0.610. The van der Waals surface area contributed by atoms with E-state index in [1.165, 1.54) is 23.6 Å². The Labute approximate surface area is 208 Å². The second-order valence-electron chi connectivity index (χ2n) is 9.85.